The van der Waals surface area contributed by atoms with E-state index in [1.807, 2.05) is 0 Å². The van der Waals surface area contributed by atoms with Crippen molar-refractivity contribution in [2.45, 2.75) is 5.41 Å². The fraction of sp³-hybridized carbons (Fsp3) is 0.0175. The minimum atomic E-state index is -0.393. The third-order valence-electron chi connectivity index (χ3n) is 13.5. The van der Waals surface area contributed by atoms with Crippen LogP contribution >= 0.6 is 0 Å². The average molecular weight is 749 g/mol. The Balaban J connectivity index is 0.977. The first-order valence-electron chi connectivity index (χ1n) is 20.4. The third-order valence-corrected chi connectivity index (χ3v) is 13.5. The van der Waals surface area contributed by atoms with Crippen LogP contribution in [0.2, 0.25) is 0 Å². The van der Waals surface area contributed by atoms with E-state index in [0.29, 0.717) is 0 Å². The molecule has 2 heterocycles. The zero-order chi connectivity index (χ0) is 38.4. The Morgan fingerprint density at radius 2 is 0.966 bits per heavy atom. The Bertz CT molecular complexity index is 3610. The molecule has 2 heteroatoms. The highest BCUT2D eigenvalue weighted by atomic mass is 16.5. The highest BCUT2D eigenvalue weighted by molar-refractivity contribution is 6.19. The van der Waals surface area contributed by atoms with Crippen LogP contribution in [-0.2, 0) is 5.41 Å². The second-order valence-corrected chi connectivity index (χ2v) is 16.2. The zero-order valence-corrected chi connectivity index (χ0v) is 31.8. The second kappa shape index (κ2) is 11.2. The number of furan rings is 1. The minimum Gasteiger partial charge on any atom is -0.456 e. The topological polar surface area (TPSA) is 22.4 Å². The molecule has 0 unspecified atom stereocenters. The zero-order valence-electron chi connectivity index (χ0n) is 31.8. The first kappa shape index (κ1) is 31.4. The molecule has 1 aromatic heterocycles. The van der Waals surface area contributed by atoms with E-state index in [4.69, 9.17) is 9.15 Å². The molecule has 10 aromatic carbocycles. The fourth-order valence-corrected chi connectivity index (χ4v) is 11.2. The largest absolute Gasteiger partial charge is 0.456 e. The predicted molar refractivity (Wildman–Crippen MR) is 241 cm³/mol. The van der Waals surface area contributed by atoms with E-state index in [-0.39, 0.29) is 0 Å². The number of fused-ring (bicyclic) bond motifs is 17. The number of hydrogen-bond acceptors (Lipinski definition) is 2. The van der Waals surface area contributed by atoms with E-state index in [1.165, 1.54) is 72.0 Å². The summed E-state index contributed by atoms with van der Waals surface area (Å²) in [6, 6.07) is 71.1. The lowest BCUT2D eigenvalue weighted by Gasteiger charge is -2.30. The van der Waals surface area contributed by atoms with Gasteiger partial charge in [0.05, 0.1) is 5.41 Å². The van der Waals surface area contributed by atoms with Crippen molar-refractivity contribution in [3.05, 3.63) is 216 Å². The Labute approximate surface area is 340 Å². The molecule has 14 rings (SSSR count). The molecule has 0 bridgehead atoms. The van der Waals surface area contributed by atoms with Gasteiger partial charge in [-0.15, -0.1) is 0 Å². The monoisotopic (exact) mass is 748 g/mol. The summed E-state index contributed by atoms with van der Waals surface area (Å²) >= 11 is 0. The van der Waals surface area contributed by atoms with Gasteiger partial charge in [0.1, 0.15) is 22.7 Å². The van der Waals surface area contributed by atoms with Crippen molar-refractivity contribution in [3.63, 3.8) is 0 Å². The lowest BCUT2D eigenvalue weighted by Crippen LogP contribution is -2.25. The normalized spacial score (nSPS) is 13.7. The van der Waals surface area contributed by atoms with Crippen LogP contribution in [-0.4, -0.2) is 0 Å². The van der Waals surface area contributed by atoms with Crippen LogP contribution in [0.3, 0.4) is 0 Å². The summed E-state index contributed by atoms with van der Waals surface area (Å²) in [5.74, 6) is 1.75. The lowest BCUT2D eigenvalue weighted by molar-refractivity contribution is 0.487. The van der Waals surface area contributed by atoms with Crippen molar-refractivity contribution in [1.29, 1.82) is 0 Å². The molecule has 2 nitrogen and oxygen atoms in total. The maximum Gasteiger partial charge on any atom is 0.143 e. The van der Waals surface area contributed by atoms with Crippen molar-refractivity contribution in [2.75, 3.05) is 0 Å². The van der Waals surface area contributed by atoms with Crippen LogP contribution in [0.25, 0.3) is 99.1 Å². The summed E-state index contributed by atoms with van der Waals surface area (Å²) in [6.45, 7) is 0. The average Bonchev–Trinajstić information content (AvgIpc) is 3.94. The molecule has 0 saturated heterocycles. The van der Waals surface area contributed by atoms with Crippen molar-refractivity contribution in [2.24, 2.45) is 0 Å². The maximum absolute atomic E-state index is 6.81. The fourth-order valence-electron chi connectivity index (χ4n) is 11.2. The quantitative estimate of drug-likeness (QED) is 0.176. The number of benzene rings is 10. The molecule has 0 amide bonds. The molecule has 2 aliphatic carbocycles. The Hall–Kier alpha value is -7.68. The van der Waals surface area contributed by atoms with Crippen LogP contribution in [0.1, 0.15) is 22.3 Å². The minimum absolute atomic E-state index is 0.393. The number of hydrogen-bond donors (Lipinski definition) is 0. The summed E-state index contributed by atoms with van der Waals surface area (Å²) in [7, 11) is 0. The van der Waals surface area contributed by atoms with E-state index in [9.17, 15) is 0 Å². The van der Waals surface area contributed by atoms with Crippen LogP contribution in [0.4, 0.5) is 0 Å². The van der Waals surface area contributed by atoms with Crippen LogP contribution in [0, 0.1) is 0 Å². The molecule has 0 saturated carbocycles. The molecule has 1 spiro atoms. The Morgan fingerprint density at radius 1 is 0.339 bits per heavy atom. The van der Waals surface area contributed by atoms with E-state index in [2.05, 4.69) is 194 Å². The lowest BCUT2D eigenvalue weighted by atomic mass is 9.70. The van der Waals surface area contributed by atoms with Crippen molar-refractivity contribution in [3.8, 4) is 67.1 Å². The molecule has 0 N–H and O–H groups in total. The molecule has 0 radical (unpaired) electrons. The van der Waals surface area contributed by atoms with Crippen molar-refractivity contribution < 1.29 is 9.15 Å². The van der Waals surface area contributed by atoms with E-state index in [0.717, 1.165) is 60.9 Å². The van der Waals surface area contributed by atoms with Crippen LogP contribution in [0.15, 0.2) is 199 Å². The van der Waals surface area contributed by atoms with E-state index in [1.54, 1.807) is 0 Å². The van der Waals surface area contributed by atoms with Gasteiger partial charge in [0.15, 0.2) is 0 Å². The highest BCUT2D eigenvalue weighted by Crippen LogP contribution is 2.64. The molecule has 272 valence electrons. The predicted octanol–water partition coefficient (Wildman–Crippen LogP) is 15.3. The smallest absolute Gasteiger partial charge is 0.143 e. The van der Waals surface area contributed by atoms with Crippen molar-refractivity contribution >= 4 is 43.5 Å². The number of ether oxygens (including phenoxy) is 1. The first-order chi connectivity index (χ1) is 29.3. The summed E-state index contributed by atoms with van der Waals surface area (Å²) in [5, 5.41) is 6.90. The van der Waals surface area contributed by atoms with E-state index < -0.39 is 5.41 Å². The summed E-state index contributed by atoms with van der Waals surface area (Å²) < 4.78 is 13.4. The van der Waals surface area contributed by atoms with Gasteiger partial charge in [-0.05, 0) is 113 Å². The molecular weight excluding hydrogens is 717 g/mol. The van der Waals surface area contributed by atoms with Gasteiger partial charge < -0.3 is 9.15 Å². The van der Waals surface area contributed by atoms with Crippen molar-refractivity contribution in [1.82, 2.24) is 0 Å². The van der Waals surface area contributed by atoms with Gasteiger partial charge in [0.25, 0.3) is 0 Å². The molecular formula is C57H32O2. The summed E-state index contributed by atoms with van der Waals surface area (Å²) in [6.07, 6.45) is 0. The second-order valence-electron chi connectivity index (χ2n) is 16.2. The Morgan fingerprint density at radius 3 is 1.81 bits per heavy atom. The molecule has 59 heavy (non-hydrogen) atoms. The van der Waals surface area contributed by atoms with Gasteiger partial charge in [-0.1, -0.05) is 164 Å². The van der Waals surface area contributed by atoms with Gasteiger partial charge >= 0.3 is 0 Å². The molecule has 1 aliphatic heterocycles. The van der Waals surface area contributed by atoms with Crippen LogP contribution in [0.5, 0.6) is 11.5 Å². The maximum atomic E-state index is 6.81. The van der Waals surface area contributed by atoms with Gasteiger partial charge in [-0.2, -0.15) is 0 Å². The van der Waals surface area contributed by atoms with Gasteiger partial charge in [-0.25, -0.2) is 0 Å². The number of rotatable bonds is 2. The summed E-state index contributed by atoms with van der Waals surface area (Å²) in [5.41, 5.74) is 19.1. The standard InChI is InChI=1S/C57H32O2/c1-2-13-36-33(12-1)26-28-44-54-35(17-11-25-51(54)59-56(36)44)34-27-30-50-45(32-34)42-19-9-18-41-37(29-31-52(58-50)55(41)42)40-20-10-24-49-53(40)43-16-5-8-23-48(43)57(49)46-21-6-3-14-38(46)39-15-4-7-22-47(39)57/h1-32H. The van der Waals surface area contributed by atoms with E-state index >= 15 is 0 Å². The molecule has 11 aromatic rings. The van der Waals surface area contributed by atoms with Crippen LogP contribution < -0.4 is 4.74 Å². The highest BCUT2D eigenvalue weighted by Gasteiger charge is 2.52. The van der Waals surface area contributed by atoms with Gasteiger partial charge in [0, 0.05) is 27.1 Å². The van der Waals surface area contributed by atoms with Gasteiger partial charge in [-0.3, -0.25) is 0 Å². The Kier molecular flexibility index (Phi) is 5.99. The summed E-state index contributed by atoms with van der Waals surface area (Å²) in [4.78, 5) is 0. The van der Waals surface area contributed by atoms with Gasteiger partial charge in [0.2, 0.25) is 0 Å². The third kappa shape index (κ3) is 3.91. The SMILES string of the molecule is c1ccc2c(c1)-c1ccccc1C21c2ccccc2-c2c(-c3ccc4c5c(cccc35)-c3cc(-c5cccc6oc7c8ccccc8ccc7c56)ccc3O4)cccc21. The molecule has 0 atom stereocenters. The molecule has 0 fully saturated rings. The first-order valence-corrected chi connectivity index (χ1v) is 20.4. The molecule has 3 aliphatic rings.